The molecule has 2 amide bonds. The number of amides is 2. The molecule has 1 aliphatic heterocycles. The normalized spacial score (nSPS) is 17.4. The molecule has 2 aromatic carbocycles. The first-order chi connectivity index (χ1) is 14.5. The maximum Gasteiger partial charge on any atom is 0.272 e. The molecule has 1 aliphatic carbocycles. The molecule has 0 saturated heterocycles. The van der Waals surface area contributed by atoms with Crippen molar-refractivity contribution in [3.63, 3.8) is 0 Å². The van der Waals surface area contributed by atoms with Crippen LogP contribution >= 0.6 is 0 Å². The smallest absolute Gasteiger partial charge is 0.272 e. The first-order valence-corrected chi connectivity index (χ1v) is 10.5. The SMILES string of the molecule is CC1(C(=O)Nc2cc3c4c(c(-c5ccccc5)[nH]c4c2)C=NNC3=O)CCCCC1. The zero-order valence-electron chi connectivity index (χ0n) is 16.9. The first-order valence-electron chi connectivity index (χ1n) is 10.5. The zero-order chi connectivity index (χ0) is 20.7. The minimum absolute atomic E-state index is 0.0223. The molecule has 0 spiro atoms. The number of nitrogens with zero attached hydrogens (tertiary/aromatic N) is 1. The number of carbonyl (C=O) groups excluding carboxylic acids is 2. The van der Waals surface area contributed by atoms with Crippen molar-refractivity contribution in [2.75, 3.05) is 5.32 Å². The lowest BCUT2D eigenvalue weighted by atomic mass is 9.75. The lowest BCUT2D eigenvalue weighted by molar-refractivity contribution is -0.126. The standard InChI is InChI=1S/C24H24N4O2/c1-24(10-6-3-7-11-24)23(30)26-16-12-17-20-18(14-25-28-22(17)29)21(27-19(20)13-16)15-8-4-2-5-9-15/h2,4-5,8-9,12-14,27H,3,6-7,10-11H2,1H3,(H,26,30)(H,28,29). The van der Waals surface area contributed by atoms with E-state index < -0.39 is 0 Å². The van der Waals surface area contributed by atoms with Crippen LogP contribution in [-0.4, -0.2) is 23.0 Å². The summed E-state index contributed by atoms with van der Waals surface area (Å²) < 4.78 is 0. The van der Waals surface area contributed by atoms with Crippen LogP contribution in [0.5, 0.6) is 0 Å². The molecule has 0 unspecified atom stereocenters. The van der Waals surface area contributed by atoms with E-state index in [0.717, 1.165) is 53.4 Å². The summed E-state index contributed by atoms with van der Waals surface area (Å²) in [5.41, 5.74) is 6.91. The monoisotopic (exact) mass is 400 g/mol. The summed E-state index contributed by atoms with van der Waals surface area (Å²) in [5, 5.41) is 7.98. The van der Waals surface area contributed by atoms with E-state index in [1.807, 2.05) is 43.3 Å². The van der Waals surface area contributed by atoms with Crippen molar-refractivity contribution < 1.29 is 9.59 Å². The number of anilines is 1. The molecule has 30 heavy (non-hydrogen) atoms. The second-order valence-corrected chi connectivity index (χ2v) is 8.50. The average molecular weight is 400 g/mol. The molecule has 3 N–H and O–H groups in total. The fourth-order valence-corrected chi connectivity index (χ4v) is 4.63. The van der Waals surface area contributed by atoms with Gasteiger partial charge in [0.25, 0.3) is 5.91 Å². The van der Waals surface area contributed by atoms with E-state index in [4.69, 9.17) is 0 Å². The topological polar surface area (TPSA) is 86.3 Å². The van der Waals surface area contributed by atoms with Crippen LogP contribution in [0.2, 0.25) is 0 Å². The molecule has 0 bridgehead atoms. The number of H-pyrrole nitrogens is 1. The maximum absolute atomic E-state index is 13.0. The summed E-state index contributed by atoms with van der Waals surface area (Å²) in [7, 11) is 0. The van der Waals surface area contributed by atoms with Gasteiger partial charge in [-0.1, -0.05) is 56.5 Å². The molecule has 2 aliphatic rings. The maximum atomic E-state index is 13.0. The Morgan fingerprint density at radius 1 is 1.10 bits per heavy atom. The summed E-state index contributed by atoms with van der Waals surface area (Å²) in [6, 6.07) is 13.6. The highest BCUT2D eigenvalue weighted by Crippen LogP contribution is 2.38. The molecule has 5 rings (SSSR count). The van der Waals surface area contributed by atoms with Crippen LogP contribution in [0.25, 0.3) is 22.2 Å². The number of nitrogens with one attached hydrogen (secondary N) is 3. The van der Waals surface area contributed by atoms with Gasteiger partial charge in [-0.15, -0.1) is 0 Å². The lowest BCUT2D eigenvalue weighted by Gasteiger charge is -2.32. The Morgan fingerprint density at radius 2 is 1.87 bits per heavy atom. The van der Waals surface area contributed by atoms with E-state index in [-0.39, 0.29) is 17.2 Å². The minimum atomic E-state index is -0.358. The van der Waals surface area contributed by atoms with Crippen LogP contribution in [-0.2, 0) is 4.79 Å². The predicted octanol–water partition coefficient (Wildman–Crippen LogP) is 4.82. The van der Waals surface area contributed by atoms with Crippen molar-refractivity contribution in [3.05, 3.63) is 53.6 Å². The Labute approximate surface area is 174 Å². The summed E-state index contributed by atoms with van der Waals surface area (Å²) in [6.45, 7) is 2.04. The Kier molecular flexibility index (Phi) is 4.42. The number of rotatable bonds is 3. The molecule has 1 fully saturated rings. The van der Waals surface area contributed by atoms with Crippen LogP contribution < -0.4 is 10.7 Å². The number of benzene rings is 2. The van der Waals surface area contributed by atoms with Gasteiger partial charge >= 0.3 is 0 Å². The number of hydrazone groups is 1. The zero-order valence-corrected chi connectivity index (χ0v) is 16.9. The van der Waals surface area contributed by atoms with Gasteiger partial charge in [-0.3, -0.25) is 9.59 Å². The number of carbonyl (C=O) groups is 2. The molecule has 1 aromatic heterocycles. The first kappa shape index (κ1) is 18.6. The minimum Gasteiger partial charge on any atom is -0.354 e. The van der Waals surface area contributed by atoms with Crippen LogP contribution in [0.4, 0.5) is 5.69 Å². The van der Waals surface area contributed by atoms with E-state index in [0.29, 0.717) is 11.3 Å². The summed E-state index contributed by atoms with van der Waals surface area (Å²) in [6.07, 6.45) is 6.81. The number of aromatic nitrogens is 1. The Morgan fingerprint density at radius 3 is 2.63 bits per heavy atom. The van der Waals surface area contributed by atoms with E-state index in [1.165, 1.54) is 6.42 Å². The second-order valence-electron chi connectivity index (χ2n) is 8.50. The molecule has 152 valence electrons. The predicted molar refractivity (Wildman–Crippen MR) is 119 cm³/mol. The Balaban J connectivity index is 1.60. The highest BCUT2D eigenvalue weighted by Gasteiger charge is 2.34. The molecule has 0 radical (unpaired) electrons. The fourth-order valence-electron chi connectivity index (χ4n) is 4.63. The third kappa shape index (κ3) is 3.09. The molecule has 1 saturated carbocycles. The van der Waals surface area contributed by atoms with Gasteiger partial charge in [0.15, 0.2) is 0 Å². The molecule has 0 atom stereocenters. The summed E-state index contributed by atoms with van der Waals surface area (Å²) >= 11 is 0. The summed E-state index contributed by atoms with van der Waals surface area (Å²) in [5.74, 6) is -0.261. The largest absolute Gasteiger partial charge is 0.354 e. The Bertz CT molecular complexity index is 1170. The summed E-state index contributed by atoms with van der Waals surface area (Å²) in [4.78, 5) is 29.2. The van der Waals surface area contributed by atoms with Crippen molar-refractivity contribution in [1.29, 1.82) is 0 Å². The lowest BCUT2D eigenvalue weighted by Crippen LogP contribution is -2.35. The van der Waals surface area contributed by atoms with Crippen LogP contribution in [0.1, 0.15) is 54.9 Å². The van der Waals surface area contributed by atoms with Crippen molar-refractivity contribution in [2.45, 2.75) is 39.0 Å². The molecule has 6 nitrogen and oxygen atoms in total. The van der Waals surface area contributed by atoms with Gasteiger partial charge in [0.1, 0.15) is 0 Å². The molecular formula is C24H24N4O2. The van der Waals surface area contributed by atoms with E-state index in [9.17, 15) is 9.59 Å². The van der Waals surface area contributed by atoms with Gasteiger partial charge in [-0.2, -0.15) is 5.10 Å². The number of hydrogen-bond donors (Lipinski definition) is 3. The third-order valence-corrected chi connectivity index (χ3v) is 6.37. The van der Waals surface area contributed by atoms with Gasteiger partial charge in [0, 0.05) is 27.6 Å². The van der Waals surface area contributed by atoms with Crippen LogP contribution in [0.3, 0.4) is 0 Å². The highest BCUT2D eigenvalue weighted by molar-refractivity contribution is 6.18. The quantitative estimate of drug-likeness (QED) is 0.589. The van der Waals surface area contributed by atoms with Gasteiger partial charge in [-0.25, -0.2) is 5.43 Å². The van der Waals surface area contributed by atoms with Gasteiger partial charge in [-0.05, 0) is 30.5 Å². The molecule has 3 aromatic rings. The van der Waals surface area contributed by atoms with Crippen LogP contribution in [0.15, 0.2) is 47.6 Å². The number of hydrogen-bond acceptors (Lipinski definition) is 3. The molecule has 6 heteroatoms. The third-order valence-electron chi connectivity index (χ3n) is 6.37. The van der Waals surface area contributed by atoms with Crippen molar-refractivity contribution in [2.24, 2.45) is 10.5 Å². The van der Waals surface area contributed by atoms with E-state index in [2.05, 4.69) is 20.8 Å². The molecule has 2 heterocycles. The van der Waals surface area contributed by atoms with Crippen molar-refractivity contribution in [1.82, 2.24) is 10.4 Å². The van der Waals surface area contributed by atoms with E-state index >= 15 is 0 Å². The average Bonchev–Trinajstić information content (AvgIpc) is 3.03. The van der Waals surface area contributed by atoms with Gasteiger partial charge < -0.3 is 10.3 Å². The fraction of sp³-hybridized carbons (Fsp3) is 0.292. The van der Waals surface area contributed by atoms with Gasteiger partial charge in [0.05, 0.1) is 17.5 Å². The van der Waals surface area contributed by atoms with Crippen LogP contribution in [0, 0.1) is 5.41 Å². The molecular weight excluding hydrogens is 376 g/mol. The number of aromatic amines is 1. The second kappa shape index (κ2) is 7.13. The van der Waals surface area contributed by atoms with Crippen molar-refractivity contribution >= 4 is 34.6 Å². The van der Waals surface area contributed by atoms with E-state index in [1.54, 1.807) is 12.3 Å². The van der Waals surface area contributed by atoms with Crippen molar-refractivity contribution in [3.8, 4) is 11.3 Å². The van der Waals surface area contributed by atoms with Gasteiger partial charge in [0.2, 0.25) is 5.91 Å². The highest BCUT2D eigenvalue weighted by atomic mass is 16.2. The Hall–Kier alpha value is -3.41.